The van der Waals surface area contributed by atoms with Gasteiger partial charge in [0.1, 0.15) is 0 Å². The number of hydrogen-bond acceptors (Lipinski definition) is 5. The van der Waals surface area contributed by atoms with Crippen LogP contribution in [0.5, 0.6) is 0 Å². The van der Waals surface area contributed by atoms with Gasteiger partial charge in [-0.25, -0.2) is 0 Å². The molecule has 0 aromatic carbocycles. The molecule has 0 amide bonds. The van der Waals surface area contributed by atoms with Crippen LogP contribution in [0.4, 0.5) is 0 Å². The van der Waals surface area contributed by atoms with E-state index in [-0.39, 0.29) is 12.8 Å². The third-order valence-electron chi connectivity index (χ3n) is 2.90. The molecule has 0 aromatic rings. The molecule has 0 unspecified atom stereocenters. The Kier molecular flexibility index (Phi) is 8.33. The number of esters is 2. The van der Waals surface area contributed by atoms with Crippen LogP contribution in [0, 0.1) is 17.3 Å². The van der Waals surface area contributed by atoms with Crippen molar-refractivity contribution in [1.82, 2.24) is 0 Å². The molecule has 112 valence electrons. The van der Waals surface area contributed by atoms with Gasteiger partial charge in [0, 0.05) is 13.5 Å². The molecular formula is C15H22O5. The largest absolute Gasteiger partial charge is 0.468 e. The minimum absolute atomic E-state index is 0.0566. The van der Waals surface area contributed by atoms with Crippen molar-refractivity contribution in [2.24, 2.45) is 5.41 Å². The van der Waals surface area contributed by atoms with Crippen LogP contribution in [0.15, 0.2) is 11.6 Å². The highest BCUT2D eigenvalue weighted by atomic mass is 16.5. The summed E-state index contributed by atoms with van der Waals surface area (Å²) in [7, 11) is 4.06. The third-order valence-corrected chi connectivity index (χ3v) is 2.90. The van der Waals surface area contributed by atoms with Gasteiger partial charge >= 0.3 is 11.9 Å². The van der Waals surface area contributed by atoms with Crippen molar-refractivity contribution in [1.29, 1.82) is 0 Å². The second kappa shape index (κ2) is 9.16. The van der Waals surface area contributed by atoms with Crippen LogP contribution < -0.4 is 0 Å². The topological polar surface area (TPSA) is 61.8 Å². The van der Waals surface area contributed by atoms with E-state index in [1.54, 1.807) is 20.1 Å². The summed E-state index contributed by atoms with van der Waals surface area (Å²) < 4.78 is 14.5. The first kappa shape index (κ1) is 18.2. The Hall–Kier alpha value is -1.80. The number of hydrogen-bond donors (Lipinski definition) is 0. The van der Waals surface area contributed by atoms with Crippen molar-refractivity contribution in [3.8, 4) is 11.8 Å². The third kappa shape index (κ3) is 4.71. The van der Waals surface area contributed by atoms with Crippen molar-refractivity contribution >= 4 is 11.9 Å². The van der Waals surface area contributed by atoms with E-state index in [1.165, 1.54) is 14.2 Å². The van der Waals surface area contributed by atoms with Crippen LogP contribution in [0.25, 0.3) is 0 Å². The van der Waals surface area contributed by atoms with Crippen LogP contribution in [-0.2, 0) is 23.8 Å². The number of carbonyl (C=O) groups excluding carboxylic acids is 2. The molecule has 0 aliphatic carbocycles. The van der Waals surface area contributed by atoms with Crippen molar-refractivity contribution < 1.29 is 23.8 Å². The van der Waals surface area contributed by atoms with Gasteiger partial charge in [0.25, 0.3) is 0 Å². The number of methoxy groups -OCH3 is 3. The molecular weight excluding hydrogens is 260 g/mol. The average Bonchev–Trinajstić information content (AvgIpc) is 2.47. The molecule has 0 aliphatic rings. The fourth-order valence-electron chi connectivity index (χ4n) is 1.84. The fraction of sp³-hybridized carbons (Fsp3) is 0.600. The van der Waals surface area contributed by atoms with Gasteiger partial charge in [-0.1, -0.05) is 11.6 Å². The number of rotatable bonds is 7. The van der Waals surface area contributed by atoms with E-state index in [0.717, 1.165) is 5.57 Å². The van der Waals surface area contributed by atoms with Gasteiger partial charge in [0.2, 0.25) is 0 Å². The van der Waals surface area contributed by atoms with Gasteiger partial charge in [-0.05, 0) is 20.3 Å². The smallest absolute Gasteiger partial charge is 0.324 e. The number of allylic oxidation sites excluding steroid dienone is 1. The Bertz CT molecular complexity index is 409. The maximum atomic E-state index is 12.1. The second-order valence-corrected chi connectivity index (χ2v) is 4.35. The first-order valence-corrected chi connectivity index (χ1v) is 6.19. The van der Waals surface area contributed by atoms with Crippen molar-refractivity contribution in [3.05, 3.63) is 11.6 Å². The van der Waals surface area contributed by atoms with E-state index in [0.29, 0.717) is 6.61 Å². The molecule has 0 bridgehead atoms. The monoisotopic (exact) mass is 282 g/mol. The summed E-state index contributed by atoms with van der Waals surface area (Å²) in [6.45, 7) is 3.87. The molecule has 0 atom stereocenters. The average molecular weight is 282 g/mol. The van der Waals surface area contributed by atoms with E-state index >= 15 is 0 Å². The van der Waals surface area contributed by atoms with Crippen molar-refractivity contribution in [3.63, 3.8) is 0 Å². The highest BCUT2D eigenvalue weighted by molar-refractivity contribution is 6.00. The summed E-state index contributed by atoms with van der Waals surface area (Å²) in [5.74, 6) is 4.18. The zero-order valence-corrected chi connectivity index (χ0v) is 12.7. The SMILES string of the molecule is CC#CCC(C/C(C)=C/COC)(C(=O)OC)C(=O)OC. The maximum Gasteiger partial charge on any atom is 0.324 e. The molecule has 0 saturated heterocycles. The molecule has 0 rings (SSSR count). The molecule has 20 heavy (non-hydrogen) atoms. The Labute approximate surface area is 120 Å². The fourth-order valence-corrected chi connectivity index (χ4v) is 1.84. The molecule has 0 aromatic heterocycles. The van der Waals surface area contributed by atoms with Crippen LogP contribution in [0.1, 0.15) is 26.7 Å². The first-order valence-electron chi connectivity index (χ1n) is 6.19. The summed E-state index contributed by atoms with van der Waals surface area (Å²) in [5.41, 5.74) is -0.596. The maximum absolute atomic E-state index is 12.1. The molecule has 0 heterocycles. The Morgan fingerprint density at radius 3 is 2.10 bits per heavy atom. The standard InChI is InChI=1S/C15H22O5/c1-6-7-9-15(13(16)19-4,14(17)20-5)11-12(2)8-10-18-3/h8H,9-11H2,1-5H3/b12-8+. The Balaban J connectivity index is 5.52. The quantitative estimate of drug-likeness (QED) is 0.308. The van der Waals surface area contributed by atoms with Gasteiger partial charge < -0.3 is 14.2 Å². The highest BCUT2D eigenvalue weighted by Crippen LogP contribution is 2.33. The van der Waals surface area contributed by atoms with Crippen LogP contribution in [-0.4, -0.2) is 39.9 Å². The highest BCUT2D eigenvalue weighted by Gasteiger charge is 2.47. The summed E-state index contributed by atoms with van der Waals surface area (Å²) in [6, 6.07) is 0. The van der Waals surface area contributed by atoms with Crippen molar-refractivity contribution in [2.75, 3.05) is 27.9 Å². The van der Waals surface area contributed by atoms with Gasteiger partial charge in [0.05, 0.1) is 20.8 Å². The van der Waals surface area contributed by atoms with E-state index in [4.69, 9.17) is 14.2 Å². The zero-order valence-electron chi connectivity index (χ0n) is 12.7. The minimum Gasteiger partial charge on any atom is -0.468 e. The predicted octanol–water partition coefficient (Wildman–Crippen LogP) is 1.71. The first-order chi connectivity index (χ1) is 9.48. The van der Waals surface area contributed by atoms with Crippen LogP contribution in [0.3, 0.4) is 0 Å². The molecule has 5 nitrogen and oxygen atoms in total. The van der Waals surface area contributed by atoms with Gasteiger partial charge in [0.15, 0.2) is 5.41 Å². The van der Waals surface area contributed by atoms with Crippen LogP contribution >= 0.6 is 0 Å². The minimum atomic E-state index is -1.43. The lowest BCUT2D eigenvalue weighted by Gasteiger charge is -2.26. The van der Waals surface area contributed by atoms with E-state index in [1.807, 2.05) is 6.92 Å². The summed E-state index contributed by atoms with van der Waals surface area (Å²) in [6.07, 6.45) is 2.05. The number of carbonyl (C=O) groups is 2. The van der Waals surface area contributed by atoms with Crippen LogP contribution in [0.2, 0.25) is 0 Å². The summed E-state index contributed by atoms with van der Waals surface area (Å²) >= 11 is 0. The Morgan fingerprint density at radius 1 is 1.15 bits per heavy atom. The lowest BCUT2D eigenvalue weighted by Crippen LogP contribution is -2.41. The number of ether oxygens (including phenoxy) is 3. The molecule has 0 aliphatic heterocycles. The van der Waals surface area contributed by atoms with E-state index in [2.05, 4.69) is 11.8 Å². The second-order valence-electron chi connectivity index (χ2n) is 4.35. The molecule has 0 fully saturated rings. The molecule has 0 saturated carbocycles. The molecule has 0 radical (unpaired) electrons. The Morgan fingerprint density at radius 2 is 1.70 bits per heavy atom. The van der Waals surface area contributed by atoms with Gasteiger partial charge in [-0.3, -0.25) is 9.59 Å². The van der Waals surface area contributed by atoms with E-state index in [9.17, 15) is 9.59 Å². The lowest BCUT2D eigenvalue weighted by molar-refractivity contribution is -0.168. The van der Waals surface area contributed by atoms with Gasteiger partial charge in [-0.15, -0.1) is 11.8 Å². The molecule has 0 spiro atoms. The predicted molar refractivity (Wildman–Crippen MR) is 74.8 cm³/mol. The lowest BCUT2D eigenvalue weighted by atomic mass is 9.78. The summed E-state index contributed by atoms with van der Waals surface area (Å²) in [4.78, 5) is 24.2. The zero-order chi connectivity index (χ0) is 15.6. The van der Waals surface area contributed by atoms with Crippen molar-refractivity contribution in [2.45, 2.75) is 26.7 Å². The molecule has 0 N–H and O–H groups in total. The van der Waals surface area contributed by atoms with Gasteiger partial charge in [-0.2, -0.15) is 0 Å². The summed E-state index contributed by atoms with van der Waals surface area (Å²) in [5, 5.41) is 0. The normalized spacial score (nSPS) is 11.3. The van der Waals surface area contributed by atoms with E-state index < -0.39 is 17.4 Å². The molecule has 5 heteroatoms.